The van der Waals surface area contributed by atoms with Crippen molar-refractivity contribution < 1.29 is 9.53 Å². The van der Waals surface area contributed by atoms with Gasteiger partial charge in [0.25, 0.3) is 0 Å². The number of esters is 1. The molecule has 1 atom stereocenters. The summed E-state index contributed by atoms with van der Waals surface area (Å²) in [4.78, 5) is 13.1. The van der Waals surface area contributed by atoms with Crippen LogP contribution in [-0.4, -0.2) is 37.1 Å². The van der Waals surface area contributed by atoms with Crippen molar-refractivity contribution >= 4 is 5.97 Å². The first kappa shape index (κ1) is 7.54. The molecule has 58 valence electrons. The fraction of sp³-hybridized carbons (Fsp3) is 0.857. The number of hydrogen-bond acceptors (Lipinski definition) is 3. The van der Waals surface area contributed by atoms with Crippen molar-refractivity contribution in [2.24, 2.45) is 0 Å². The third-order valence-electron chi connectivity index (χ3n) is 1.78. The van der Waals surface area contributed by atoms with E-state index in [0.717, 1.165) is 19.5 Å². The molecule has 3 heteroatoms. The van der Waals surface area contributed by atoms with E-state index in [2.05, 4.69) is 9.64 Å². The first-order valence-electron chi connectivity index (χ1n) is 3.61. The average molecular weight is 143 g/mol. The molecule has 0 aliphatic carbocycles. The smallest absolute Gasteiger partial charge is 0.323 e. The molecule has 1 rings (SSSR count). The molecular weight excluding hydrogens is 130 g/mol. The van der Waals surface area contributed by atoms with Crippen molar-refractivity contribution in [2.75, 3.05) is 20.2 Å². The molecule has 1 unspecified atom stereocenters. The lowest BCUT2D eigenvalue weighted by molar-refractivity contribution is -0.144. The van der Waals surface area contributed by atoms with Gasteiger partial charge in [0.1, 0.15) is 6.04 Å². The lowest BCUT2D eigenvalue weighted by atomic mass is 10.2. The molecular formula is C7H13NO2. The van der Waals surface area contributed by atoms with E-state index in [0.29, 0.717) is 0 Å². The Morgan fingerprint density at radius 2 is 2.30 bits per heavy atom. The summed E-state index contributed by atoms with van der Waals surface area (Å²) in [6, 6.07) is 0.0185. The third kappa shape index (κ3) is 1.48. The van der Waals surface area contributed by atoms with Crippen LogP contribution in [0.5, 0.6) is 0 Å². The summed E-state index contributed by atoms with van der Waals surface area (Å²) >= 11 is 0. The molecule has 0 aromatic heterocycles. The largest absolute Gasteiger partial charge is 0.468 e. The maximum Gasteiger partial charge on any atom is 0.323 e. The molecule has 0 amide bonds. The van der Waals surface area contributed by atoms with Gasteiger partial charge in [-0.05, 0) is 6.42 Å². The number of carbonyl (C=O) groups excluding carboxylic acids is 1. The minimum Gasteiger partial charge on any atom is -0.468 e. The molecule has 0 aromatic carbocycles. The van der Waals surface area contributed by atoms with Crippen LogP contribution in [0.1, 0.15) is 13.3 Å². The molecule has 0 N–H and O–H groups in total. The second-order valence-electron chi connectivity index (χ2n) is 2.48. The highest BCUT2D eigenvalue weighted by Crippen LogP contribution is 2.14. The molecule has 0 saturated carbocycles. The Labute approximate surface area is 61.0 Å². The Kier molecular flexibility index (Phi) is 2.27. The van der Waals surface area contributed by atoms with Crippen LogP contribution in [0.3, 0.4) is 0 Å². The van der Waals surface area contributed by atoms with Gasteiger partial charge in [-0.25, -0.2) is 0 Å². The quantitative estimate of drug-likeness (QED) is 0.419. The number of rotatable bonds is 3. The molecule has 1 aliphatic rings. The highest BCUT2D eigenvalue weighted by atomic mass is 16.5. The Bertz CT molecular complexity index is 132. The molecule has 1 heterocycles. The van der Waals surface area contributed by atoms with E-state index in [-0.39, 0.29) is 12.0 Å². The first-order chi connectivity index (χ1) is 4.79. The predicted molar refractivity (Wildman–Crippen MR) is 37.7 cm³/mol. The van der Waals surface area contributed by atoms with Crippen molar-refractivity contribution in [2.45, 2.75) is 19.4 Å². The van der Waals surface area contributed by atoms with Crippen LogP contribution in [0.25, 0.3) is 0 Å². The van der Waals surface area contributed by atoms with Crippen LogP contribution in [0.2, 0.25) is 0 Å². The molecule has 3 nitrogen and oxygen atoms in total. The zero-order valence-corrected chi connectivity index (χ0v) is 6.46. The maximum atomic E-state index is 11.0. The van der Waals surface area contributed by atoms with Crippen molar-refractivity contribution in [3.8, 4) is 0 Å². The van der Waals surface area contributed by atoms with Crippen molar-refractivity contribution in [3.63, 3.8) is 0 Å². The van der Waals surface area contributed by atoms with Gasteiger partial charge in [0.2, 0.25) is 0 Å². The van der Waals surface area contributed by atoms with Gasteiger partial charge in [0.05, 0.1) is 7.11 Å². The molecule has 0 bridgehead atoms. The number of ether oxygens (including phenoxy) is 1. The summed E-state index contributed by atoms with van der Waals surface area (Å²) in [6.45, 7) is 4.10. The third-order valence-corrected chi connectivity index (χ3v) is 1.78. The summed E-state index contributed by atoms with van der Waals surface area (Å²) in [5.41, 5.74) is 0. The Morgan fingerprint density at radius 1 is 1.70 bits per heavy atom. The van der Waals surface area contributed by atoms with Gasteiger partial charge in [0, 0.05) is 13.1 Å². The monoisotopic (exact) mass is 143 g/mol. The summed E-state index contributed by atoms with van der Waals surface area (Å²) in [7, 11) is 1.44. The topological polar surface area (TPSA) is 29.3 Å². The van der Waals surface area contributed by atoms with E-state index in [1.165, 1.54) is 7.11 Å². The van der Waals surface area contributed by atoms with E-state index < -0.39 is 0 Å². The van der Waals surface area contributed by atoms with Crippen molar-refractivity contribution in [3.05, 3.63) is 0 Å². The molecule has 10 heavy (non-hydrogen) atoms. The molecule has 1 fully saturated rings. The summed E-state index contributed by atoms with van der Waals surface area (Å²) in [5.74, 6) is -0.0972. The summed E-state index contributed by atoms with van der Waals surface area (Å²) in [6.07, 6.45) is 0.854. The molecule has 1 aliphatic heterocycles. The SMILES string of the molecule is CCC(C(=O)OC)N1CC1. The van der Waals surface area contributed by atoms with Crippen LogP contribution in [0, 0.1) is 0 Å². The van der Waals surface area contributed by atoms with E-state index >= 15 is 0 Å². The predicted octanol–water partition coefficient (Wildman–Crippen LogP) is 0.254. The van der Waals surface area contributed by atoms with E-state index in [9.17, 15) is 4.79 Å². The van der Waals surface area contributed by atoms with Gasteiger partial charge >= 0.3 is 5.97 Å². The second-order valence-corrected chi connectivity index (χ2v) is 2.48. The number of hydrogen-bond donors (Lipinski definition) is 0. The Morgan fingerprint density at radius 3 is 2.60 bits per heavy atom. The highest BCUT2D eigenvalue weighted by Gasteiger charge is 2.31. The lowest BCUT2D eigenvalue weighted by Gasteiger charge is -2.11. The average Bonchev–Trinajstić information content (AvgIpc) is 2.73. The fourth-order valence-corrected chi connectivity index (χ4v) is 1.08. The van der Waals surface area contributed by atoms with Gasteiger partial charge < -0.3 is 4.74 Å². The minimum absolute atomic E-state index is 0.0185. The van der Waals surface area contributed by atoms with E-state index in [1.54, 1.807) is 0 Å². The van der Waals surface area contributed by atoms with Crippen LogP contribution >= 0.6 is 0 Å². The van der Waals surface area contributed by atoms with Gasteiger partial charge in [-0.2, -0.15) is 0 Å². The normalized spacial score (nSPS) is 20.2. The minimum atomic E-state index is -0.0972. The van der Waals surface area contributed by atoms with Crippen LogP contribution in [-0.2, 0) is 9.53 Å². The summed E-state index contributed by atoms with van der Waals surface area (Å²) in [5, 5.41) is 0. The number of carbonyl (C=O) groups is 1. The summed E-state index contributed by atoms with van der Waals surface area (Å²) < 4.78 is 4.62. The van der Waals surface area contributed by atoms with Gasteiger partial charge in [-0.15, -0.1) is 0 Å². The molecule has 0 aromatic rings. The van der Waals surface area contributed by atoms with Crippen molar-refractivity contribution in [1.82, 2.24) is 4.90 Å². The fourth-order valence-electron chi connectivity index (χ4n) is 1.08. The standard InChI is InChI=1S/C7H13NO2/c1-3-6(7(9)10-2)8-4-5-8/h6H,3-5H2,1-2H3. The maximum absolute atomic E-state index is 11.0. The van der Waals surface area contributed by atoms with Crippen LogP contribution < -0.4 is 0 Å². The number of nitrogens with zero attached hydrogens (tertiary/aromatic N) is 1. The Hall–Kier alpha value is -0.570. The highest BCUT2D eigenvalue weighted by molar-refractivity contribution is 5.75. The molecule has 0 radical (unpaired) electrons. The van der Waals surface area contributed by atoms with E-state index in [4.69, 9.17) is 0 Å². The second kappa shape index (κ2) is 3.01. The Balaban J connectivity index is 2.38. The van der Waals surface area contributed by atoms with E-state index in [1.807, 2.05) is 6.92 Å². The zero-order valence-electron chi connectivity index (χ0n) is 6.46. The molecule has 1 saturated heterocycles. The van der Waals surface area contributed by atoms with Gasteiger partial charge in [-0.3, -0.25) is 9.69 Å². The van der Waals surface area contributed by atoms with Crippen LogP contribution in [0.15, 0.2) is 0 Å². The lowest BCUT2D eigenvalue weighted by Crippen LogP contribution is -2.29. The molecule has 0 spiro atoms. The number of methoxy groups -OCH3 is 1. The van der Waals surface area contributed by atoms with Crippen molar-refractivity contribution in [1.29, 1.82) is 0 Å². The van der Waals surface area contributed by atoms with Crippen LogP contribution in [0.4, 0.5) is 0 Å². The van der Waals surface area contributed by atoms with Gasteiger partial charge in [-0.1, -0.05) is 6.92 Å². The van der Waals surface area contributed by atoms with Gasteiger partial charge in [0.15, 0.2) is 0 Å². The zero-order chi connectivity index (χ0) is 7.56. The first-order valence-corrected chi connectivity index (χ1v) is 3.61.